The smallest absolute Gasteiger partial charge is 0.327 e. The van der Waals surface area contributed by atoms with E-state index in [1.807, 2.05) is 22.1 Å². The molecule has 2 aromatic rings. The molecule has 0 aliphatic carbocycles. The van der Waals surface area contributed by atoms with Crippen LogP contribution in [-0.4, -0.2) is 9.67 Å². The lowest BCUT2D eigenvalue weighted by atomic mass is 10.1. The Morgan fingerprint density at radius 3 is 2.24 bits per heavy atom. The molecule has 17 heavy (non-hydrogen) atoms. The Balaban J connectivity index is 2.73. The molecule has 0 saturated heterocycles. The summed E-state index contributed by atoms with van der Waals surface area (Å²) in [4.78, 5) is 0. The largest absolute Gasteiger partial charge is 0.475 e. The standard InChI is InChI=1S/C14H18N2O/c1-5-15-9-13(17)16(12(15)4)14-10(2)7-6-8-11(14)3/h6-9H,5H2,1-4H3/p+1. The Morgan fingerprint density at radius 2 is 1.76 bits per heavy atom. The summed E-state index contributed by atoms with van der Waals surface area (Å²) in [5, 5.41) is 10.1. The highest BCUT2D eigenvalue weighted by molar-refractivity contribution is 5.49. The van der Waals surface area contributed by atoms with Crippen molar-refractivity contribution in [3.8, 4) is 11.6 Å². The molecule has 0 amide bonds. The van der Waals surface area contributed by atoms with Crippen LogP contribution in [0.3, 0.4) is 0 Å². The van der Waals surface area contributed by atoms with Gasteiger partial charge in [0.1, 0.15) is 5.69 Å². The second-order valence-electron chi connectivity index (χ2n) is 4.40. The van der Waals surface area contributed by atoms with E-state index in [0.29, 0.717) is 5.88 Å². The molecule has 0 unspecified atom stereocenters. The van der Waals surface area contributed by atoms with Crippen LogP contribution in [0.25, 0.3) is 5.69 Å². The lowest BCUT2D eigenvalue weighted by Gasteiger charge is -2.07. The Morgan fingerprint density at radius 1 is 1.18 bits per heavy atom. The van der Waals surface area contributed by atoms with Gasteiger partial charge in [-0.15, -0.1) is 0 Å². The maximum atomic E-state index is 10.1. The van der Waals surface area contributed by atoms with E-state index in [2.05, 4.69) is 32.9 Å². The number of benzene rings is 1. The highest BCUT2D eigenvalue weighted by atomic mass is 16.3. The molecule has 0 aliphatic heterocycles. The van der Waals surface area contributed by atoms with Gasteiger partial charge in [-0.2, -0.15) is 4.57 Å². The number of hydrogen-bond donors (Lipinski definition) is 1. The van der Waals surface area contributed by atoms with Gasteiger partial charge in [0.2, 0.25) is 0 Å². The van der Waals surface area contributed by atoms with Crippen molar-refractivity contribution in [3.05, 3.63) is 41.3 Å². The van der Waals surface area contributed by atoms with Crippen molar-refractivity contribution in [1.29, 1.82) is 0 Å². The number of nitrogens with zero attached hydrogens (tertiary/aromatic N) is 2. The van der Waals surface area contributed by atoms with Gasteiger partial charge in [0.05, 0.1) is 6.54 Å². The zero-order valence-corrected chi connectivity index (χ0v) is 10.9. The van der Waals surface area contributed by atoms with Crippen LogP contribution in [0.5, 0.6) is 5.88 Å². The monoisotopic (exact) mass is 231 g/mol. The number of hydrogen-bond acceptors (Lipinski definition) is 1. The molecule has 3 nitrogen and oxygen atoms in total. The van der Waals surface area contributed by atoms with Crippen molar-refractivity contribution in [3.63, 3.8) is 0 Å². The number of imidazole rings is 1. The molecule has 3 heteroatoms. The van der Waals surface area contributed by atoms with Crippen LogP contribution in [0.4, 0.5) is 0 Å². The lowest BCUT2D eigenvalue weighted by molar-refractivity contribution is -0.698. The van der Waals surface area contributed by atoms with Gasteiger partial charge in [-0.3, -0.25) is 0 Å². The number of aromatic nitrogens is 2. The summed E-state index contributed by atoms with van der Waals surface area (Å²) in [7, 11) is 0. The summed E-state index contributed by atoms with van der Waals surface area (Å²) >= 11 is 0. The van der Waals surface area contributed by atoms with Gasteiger partial charge in [0.15, 0.2) is 6.20 Å². The number of aromatic hydroxyl groups is 1. The van der Waals surface area contributed by atoms with E-state index in [-0.39, 0.29) is 0 Å². The predicted octanol–water partition coefficient (Wildman–Crippen LogP) is 2.42. The minimum Gasteiger partial charge on any atom is -0.475 e. The van der Waals surface area contributed by atoms with Crippen LogP contribution >= 0.6 is 0 Å². The fourth-order valence-electron chi connectivity index (χ4n) is 2.34. The molecule has 1 N–H and O–H groups in total. The van der Waals surface area contributed by atoms with Gasteiger partial charge < -0.3 is 5.11 Å². The van der Waals surface area contributed by atoms with Gasteiger partial charge in [-0.25, -0.2) is 4.57 Å². The third kappa shape index (κ3) is 1.82. The lowest BCUT2D eigenvalue weighted by Crippen LogP contribution is -2.33. The highest BCUT2D eigenvalue weighted by Gasteiger charge is 2.22. The summed E-state index contributed by atoms with van der Waals surface area (Å²) in [5.74, 6) is 1.34. The molecule has 0 aliphatic rings. The first-order valence-corrected chi connectivity index (χ1v) is 5.93. The maximum Gasteiger partial charge on any atom is 0.327 e. The van der Waals surface area contributed by atoms with Crippen LogP contribution < -0.4 is 4.57 Å². The van der Waals surface area contributed by atoms with Crippen LogP contribution in [0.15, 0.2) is 24.4 Å². The molecule has 0 bridgehead atoms. The first-order chi connectivity index (χ1) is 8.06. The third-order valence-electron chi connectivity index (χ3n) is 3.24. The molecule has 1 aromatic heterocycles. The molecular weight excluding hydrogens is 212 g/mol. The molecular formula is C14H19N2O+. The maximum absolute atomic E-state index is 10.1. The first-order valence-electron chi connectivity index (χ1n) is 5.93. The van der Waals surface area contributed by atoms with E-state index in [4.69, 9.17) is 0 Å². The Kier molecular flexibility index (Phi) is 2.92. The van der Waals surface area contributed by atoms with E-state index in [1.54, 1.807) is 6.20 Å². The molecule has 90 valence electrons. The van der Waals surface area contributed by atoms with Gasteiger partial charge in [0.25, 0.3) is 5.82 Å². The molecule has 1 heterocycles. The van der Waals surface area contributed by atoms with Gasteiger partial charge in [-0.05, 0) is 31.9 Å². The van der Waals surface area contributed by atoms with Crippen molar-refractivity contribution in [2.24, 2.45) is 0 Å². The van der Waals surface area contributed by atoms with E-state index in [0.717, 1.165) is 18.1 Å². The minimum absolute atomic E-state index is 0.293. The zero-order valence-electron chi connectivity index (χ0n) is 10.9. The van der Waals surface area contributed by atoms with Crippen LogP contribution in [0.2, 0.25) is 0 Å². The molecule has 0 radical (unpaired) electrons. The van der Waals surface area contributed by atoms with Gasteiger partial charge >= 0.3 is 5.88 Å². The predicted molar refractivity (Wildman–Crippen MR) is 67.5 cm³/mol. The second-order valence-corrected chi connectivity index (χ2v) is 4.40. The van der Waals surface area contributed by atoms with Crippen LogP contribution in [0, 0.1) is 20.8 Å². The first kappa shape index (κ1) is 11.7. The Bertz CT molecular complexity index is 535. The third-order valence-corrected chi connectivity index (χ3v) is 3.24. The summed E-state index contributed by atoms with van der Waals surface area (Å²) in [5.41, 5.74) is 3.42. The average Bonchev–Trinajstić information content (AvgIpc) is 2.56. The summed E-state index contributed by atoms with van der Waals surface area (Å²) in [6.45, 7) is 9.09. The van der Waals surface area contributed by atoms with E-state index >= 15 is 0 Å². The zero-order chi connectivity index (χ0) is 12.6. The molecule has 0 saturated carbocycles. The highest BCUT2D eigenvalue weighted by Crippen LogP contribution is 2.24. The van der Waals surface area contributed by atoms with E-state index in [9.17, 15) is 5.11 Å². The van der Waals surface area contributed by atoms with Crippen molar-refractivity contribution in [1.82, 2.24) is 4.57 Å². The van der Waals surface area contributed by atoms with Crippen molar-refractivity contribution >= 4 is 0 Å². The minimum atomic E-state index is 0.293. The molecule has 2 rings (SSSR count). The topological polar surface area (TPSA) is 29.0 Å². The normalized spacial score (nSPS) is 10.8. The number of para-hydroxylation sites is 1. The fourth-order valence-corrected chi connectivity index (χ4v) is 2.34. The van der Waals surface area contributed by atoms with Crippen LogP contribution in [0.1, 0.15) is 23.9 Å². The summed E-state index contributed by atoms with van der Waals surface area (Å²) < 4.78 is 3.95. The summed E-state index contributed by atoms with van der Waals surface area (Å²) in [6.07, 6.45) is 1.78. The number of rotatable bonds is 2. The van der Waals surface area contributed by atoms with Crippen LogP contribution in [-0.2, 0) is 6.54 Å². The van der Waals surface area contributed by atoms with E-state index < -0.39 is 0 Å². The van der Waals surface area contributed by atoms with Gasteiger partial charge in [-0.1, -0.05) is 18.2 Å². The molecule has 0 fully saturated rings. The summed E-state index contributed by atoms with van der Waals surface area (Å²) in [6, 6.07) is 6.17. The average molecular weight is 231 g/mol. The Labute approximate surface area is 102 Å². The molecule has 0 spiro atoms. The molecule has 0 atom stereocenters. The number of aryl methyl sites for hydroxylation is 3. The van der Waals surface area contributed by atoms with E-state index in [1.165, 1.54) is 11.1 Å². The van der Waals surface area contributed by atoms with Crippen molar-refractivity contribution < 1.29 is 9.67 Å². The fraction of sp³-hybridized carbons (Fsp3) is 0.357. The second kappa shape index (κ2) is 4.24. The van der Waals surface area contributed by atoms with Crippen molar-refractivity contribution in [2.75, 3.05) is 0 Å². The van der Waals surface area contributed by atoms with Crippen molar-refractivity contribution in [2.45, 2.75) is 34.2 Å². The SMILES string of the molecule is CC[n+]1cc(O)n(-c2c(C)cccc2C)c1C. The Hall–Kier alpha value is -1.77. The molecule has 1 aromatic carbocycles. The quantitative estimate of drug-likeness (QED) is 0.790. The van der Waals surface area contributed by atoms with Gasteiger partial charge in [0, 0.05) is 6.92 Å².